The number of likely N-dealkylation sites (tertiary alicyclic amines) is 1. The molecule has 2 aromatic heterocycles. The van der Waals surface area contributed by atoms with Crippen molar-refractivity contribution in [3.63, 3.8) is 0 Å². The Balaban J connectivity index is 1.38. The fourth-order valence-electron chi connectivity index (χ4n) is 2.99. The first kappa shape index (κ1) is 15.6. The average Bonchev–Trinajstić information content (AvgIpc) is 3.25. The van der Waals surface area contributed by atoms with Gasteiger partial charge < -0.3 is 14.2 Å². The number of ether oxygens (including phenoxy) is 1. The van der Waals surface area contributed by atoms with Crippen LogP contribution in [-0.4, -0.2) is 45.4 Å². The van der Waals surface area contributed by atoms with Gasteiger partial charge in [-0.15, -0.1) is 5.10 Å². The van der Waals surface area contributed by atoms with Crippen LogP contribution in [0, 0.1) is 6.92 Å². The summed E-state index contributed by atoms with van der Waals surface area (Å²) < 4.78 is 11.1. The summed E-state index contributed by atoms with van der Waals surface area (Å²) in [5.41, 5.74) is 2.22. The van der Waals surface area contributed by atoms with E-state index >= 15 is 0 Å². The van der Waals surface area contributed by atoms with Crippen LogP contribution in [0.25, 0.3) is 11.0 Å². The van der Waals surface area contributed by atoms with Crippen LogP contribution in [0.1, 0.15) is 17.8 Å². The van der Waals surface area contributed by atoms with Crippen LogP contribution in [0.3, 0.4) is 0 Å². The minimum absolute atomic E-state index is 0.0279. The third kappa shape index (κ3) is 3.31. The van der Waals surface area contributed by atoms with E-state index in [2.05, 4.69) is 15.4 Å². The second-order valence-electron chi connectivity index (χ2n) is 6.18. The van der Waals surface area contributed by atoms with Crippen molar-refractivity contribution in [2.45, 2.75) is 25.9 Å². The van der Waals surface area contributed by atoms with Gasteiger partial charge in [-0.3, -0.25) is 4.79 Å². The molecule has 1 saturated heterocycles. The molecular formula is C18H18N4O3. The van der Waals surface area contributed by atoms with E-state index in [1.54, 1.807) is 11.0 Å². The van der Waals surface area contributed by atoms with E-state index in [9.17, 15) is 4.79 Å². The van der Waals surface area contributed by atoms with E-state index in [0.29, 0.717) is 30.2 Å². The van der Waals surface area contributed by atoms with Crippen LogP contribution in [0.2, 0.25) is 0 Å². The summed E-state index contributed by atoms with van der Waals surface area (Å²) in [7, 11) is 0. The number of fused-ring (bicyclic) bond motifs is 1. The molecular weight excluding hydrogens is 320 g/mol. The molecule has 0 unspecified atom stereocenters. The van der Waals surface area contributed by atoms with E-state index in [1.165, 1.54) is 0 Å². The summed E-state index contributed by atoms with van der Waals surface area (Å²) in [5.74, 6) is 0.521. The van der Waals surface area contributed by atoms with E-state index < -0.39 is 0 Å². The summed E-state index contributed by atoms with van der Waals surface area (Å²) in [5, 5.41) is 12.9. The first-order valence-electron chi connectivity index (χ1n) is 8.27. The van der Waals surface area contributed by atoms with Crippen LogP contribution in [0.5, 0.6) is 5.88 Å². The van der Waals surface area contributed by atoms with Crippen molar-refractivity contribution in [2.24, 2.45) is 0 Å². The summed E-state index contributed by atoms with van der Waals surface area (Å²) in [6.45, 7) is 3.09. The summed E-state index contributed by atoms with van der Waals surface area (Å²) in [4.78, 5) is 14.4. The number of amides is 1. The largest absolute Gasteiger partial charge is 0.471 e. The van der Waals surface area contributed by atoms with Gasteiger partial charge in [0.1, 0.15) is 11.8 Å². The highest BCUT2D eigenvalue weighted by atomic mass is 16.5. The van der Waals surface area contributed by atoms with Gasteiger partial charge in [-0.1, -0.05) is 17.3 Å². The molecule has 0 bridgehead atoms. The first-order chi connectivity index (χ1) is 12.2. The molecule has 1 aliphatic heterocycles. The highest BCUT2D eigenvalue weighted by Crippen LogP contribution is 2.21. The van der Waals surface area contributed by atoms with Crippen molar-refractivity contribution in [1.82, 2.24) is 20.3 Å². The second kappa shape index (κ2) is 6.51. The number of rotatable bonds is 4. The number of aryl methyl sites for hydroxylation is 1. The maximum atomic E-state index is 12.6. The van der Waals surface area contributed by atoms with Gasteiger partial charge in [0.25, 0.3) is 0 Å². The maximum absolute atomic E-state index is 12.6. The number of carbonyl (C=O) groups is 1. The predicted molar refractivity (Wildman–Crippen MR) is 90.1 cm³/mol. The van der Waals surface area contributed by atoms with E-state index in [4.69, 9.17) is 9.26 Å². The molecule has 0 radical (unpaired) electrons. The number of hydrogen-bond acceptors (Lipinski definition) is 6. The van der Waals surface area contributed by atoms with Gasteiger partial charge in [-0.25, -0.2) is 0 Å². The molecule has 0 N–H and O–H groups in total. The Kier molecular flexibility index (Phi) is 4.05. The van der Waals surface area contributed by atoms with Gasteiger partial charge in [0.15, 0.2) is 5.58 Å². The van der Waals surface area contributed by atoms with Crippen LogP contribution in [0.4, 0.5) is 0 Å². The van der Waals surface area contributed by atoms with Crippen LogP contribution < -0.4 is 4.74 Å². The SMILES string of the molecule is Cc1ccc(O[C@@H]2CCN(C(=O)Cc3noc4ccccc34)C2)nn1. The smallest absolute Gasteiger partial charge is 0.233 e. The van der Waals surface area contributed by atoms with Crippen molar-refractivity contribution >= 4 is 16.9 Å². The lowest BCUT2D eigenvalue weighted by molar-refractivity contribution is -0.129. The zero-order valence-electron chi connectivity index (χ0n) is 13.9. The summed E-state index contributed by atoms with van der Waals surface area (Å²) in [6, 6.07) is 11.2. The van der Waals surface area contributed by atoms with Gasteiger partial charge in [0.05, 0.1) is 18.7 Å². The molecule has 1 aromatic carbocycles. The molecule has 3 aromatic rings. The van der Waals surface area contributed by atoms with Crippen molar-refractivity contribution in [3.05, 3.63) is 47.8 Å². The fraction of sp³-hybridized carbons (Fsp3) is 0.333. The molecule has 0 aliphatic carbocycles. The minimum Gasteiger partial charge on any atom is -0.471 e. The lowest BCUT2D eigenvalue weighted by Crippen LogP contribution is -2.32. The van der Waals surface area contributed by atoms with Crippen LogP contribution in [0.15, 0.2) is 40.9 Å². The normalized spacial score (nSPS) is 17.2. The predicted octanol–water partition coefficient (Wildman–Crippen LogP) is 2.15. The molecule has 25 heavy (non-hydrogen) atoms. The Morgan fingerprint density at radius 2 is 2.16 bits per heavy atom. The average molecular weight is 338 g/mol. The summed E-state index contributed by atoms with van der Waals surface area (Å²) >= 11 is 0. The maximum Gasteiger partial charge on any atom is 0.233 e. The molecule has 1 aliphatic rings. The molecule has 128 valence electrons. The van der Waals surface area contributed by atoms with Gasteiger partial charge in [0.2, 0.25) is 11.8 Å². The molecule has 7 heteroatoms. The van der Waals surface area contributed by atoms with E-state index in [-0.39, 0.29) is 18.4 Å². The fourth-order valence-corrected chi connectivity index (χ4v) is 2.99. The Bertz CT molecular complexity index is 891. The Morgan fingerprint density at radius 3 is 3.00 bits per heavy atom. The van der Waals surface area contributed by atoms with E-state index in [0.717, 1.165) is 17.5 Å². The monoisotopic (exact) mass is 338 g/mol. The topological polar surface area (TPSA) is 81.4 Å². The zero-order chi connectivity index (χ0) is 17.2. The number of hydrogen-bond donors (Lipinski definition) is 0. The number of para-hydroxylation sites is 1. The lowest BCUT2D eigenvalue weighted by Gasteiger charge is -2.16. The molecule has 1 amide bonds. The van der Waals surface area contributed by atoms with Crippen molar-refractivity contribution in [2.75, 3.05) is 13.1 Å². The molecule has 7 nitrogen and oxygen atoms in total. The number of aromatic nitrogens is 3. The van der Waals surface area contributed by atoms with Gasteiger partial charge in [0, 0.05) is 24.4 Å². The number of nitrogens with zero attached hydrogens (tertiary/aromatic N) is 4. The molecule has 0 saturated carbocycles. The minimum atomic E-state index is -0.0602. The van der Waals surface area contributed by atoms with Crippen LogP contribution in [-0.2, 0) is 11.2 Å². The summed E-state index contributed by atoms with van der Waals surface area (Å²) in [6.07, 6.45) is 0.949. The second-order valence-corrected chi connectivity index (χ2v) is 6.18. The zero-order valence-corrected chi connectivity index (χ0v) is 13.9. The Hall–Kier alpha value is -2.96. The van der Waals surface area contributed by atoms with Gasteiger partial charge in [-0.05, 0) is 25.1 Å². The van der Waals surface area contributed by atoms with E-state index in [1.807, 2.05) is 37.3 Å². The Labute approximate surface area is 144 Å². The molecule has 4 rings (SSSR count). The highest BCUT2D eigenvalue weighted by molar-refractivity contribution is 5.86. The van der Waals surface area contributed by atoms with Crippen LogP contribution >= 0.6 is 0 Å². The number of carbonyl (C=O) groups excluding carboxylic acids is 1. The third-order valence-corrected chi connectivity index (χ3v) is 4.33. The lowest BCUT2D eigenvalue weighted by atomic mass is 10.1. The van der Waals surface area contributed by atoms with Gasteiger partial charge >= 0.3 is 0 Å². The quantitative estimate of drug-likeness (QED) is 0.725. The highest BCUT2D eigenvalue weighted by Gasteiger charge is 2.28. The third-order valence-electron chi connectivity index (χ3n) is 4.33. The Morgan fingerprint density at radius 1 is 1.28 bits per heavy atom. The number of benzene rings is 1. The standard InChI is InChI=1S/C18H18N4O3/c1-12-6-7-17(20-19-12)24-13-8-9-22(11-13)18(23)10-15-14-4-2-3-5-16(14)25-21-15/h2-7,13H,8-11H2,1H3/t13-/m1/s1. The van der Waals surface area contributed by atoms with Crippen molar-refractivity contribution in [3.8, 4) is 5.88 Å². The molecule has 1 fully saturated rings. The molecule has 3 heterocycles. The first-order valence-corrected chi connectivity index (χ1v) is 8.27. The van der Waals surface area contributed by atoms with Crippen molar-refractivity contribution < 1.29 is 14.1 Å². The van der Waals surface area contributed by atoms with Gasteiger partial charge in [-0.2, -0.15) is 5.10 Å². The van der Waals surface area contributed by atoms with Crippen molar-refractivity contribution in [1.29, 1.82) is 0 Å². The molecule has 1 atom stereocenters. The molecule has 0 spiro atoms.